The van der Waals surface area contributed by atoms with Gasteiger partial charge in [0.05, 0.1) is 17.0 Å². The van der Waals surface area contributed by atoms with Gasteiger partial charge in [-0.3, -0.25) is 4.79 Å². The topological polar surface area (TPSA) is 75.3 Å². The molecule has 1 unspecified atom stereocenters. The lowest BCUT2D eigenvalue weighted by Gasteiger charge is -2.36. The maximum absolute atomic E-state index is 12.4. The molecule has 0 radical (unpaired) electrons. The standard InChI is InChI=1S/C12H22N2O3S/c1-11(3-6-13-7-4-11)10(15)14-12(2)5-8-18(16,17)9-12/h13H,3-9H2,1-2H3,(H,14,15). The van der Waals surface area contributed by atoms with Crippen molar-refractivity contribution in [1.29, 1.82) is 0 Å². The van der Waals surface area contributed by atoms with Gasteiger partial charge < -0.3 is 10.6 Å². The van der Waals surface area contributed by atoms with E-state index in [9.17, 15) is 13.2 Å². The zero-order valence-corrected chi connectivity index (χ0v) is 11.9. The van der Waals surface area contributed by atoms with Crippen molar-refractivity contribution >= 4 is 15.7 Å². The molecule has 2 saturated heterocycles. The van der Waals surface area contributed by atoms with Gasteiger partial charge >= 0.3 is 0 Å². The Morgan fingerprint density at radius 2 is 1.78 bits per heavy atom. The number of hydrogen-bond acceptors (Lipinski definition) is 4. The first-order valence-electron chi connectivity index (χ1n) is 6.49. The highest BCUT2D eigenvalue weighted by atomic mass is 32.2. The third kappa shape index (κ3) is 2.85. The SMILES string of the molecule is CC1(NC(=O)C2(C)CCNCC2)CCS(=O)(=O)C1. The molecule has 0 aliphatic carbocycles. The van der Waals surface area contributed by atoms with Crippen LogP contribution in [0.15, 0.2) is 0 Å². The second kappa shape index (κ2) is 4.49. The van der Waals surface area contributed by atoms with Crippen LogP contribution in [0.1, 0.15) is 33.1 Å². The van der Waals surface area contributed by atoms with Gasteiger partial charge in [0.1, 0.15) is 0 Å². The Kier molecular flexibility index (Phi) is 3.44. The number of sulfone groups is 1. The van der Waals surface area contributed by atoms with Crippen LogP contribution < -0.4 is 10.6 Å². The van der Waals surface area contributed by atoms with Crippen LogP contribution in [0.5, 0.6) is 0 Å². The minimum Gasteiger partial charge on any atom is -0.349 e. The van der Waals surface area contributed by atoms with E-state index in [0.29, 0.717) is 6.42 Å². The van der Waals surface area contributed by atoms with Crippen LogP contribution >= 0.6 is 0 Å². The van der Waals surface area contributed by atoms with Crippen molar-refractivity contribution in [2.24, 2.45) is 5.41 Å². The van der Waals surface area contributed by atoms with Gasteiger partial charge in [-0.2, -0.15) is 0 Å². The molecule has 6 heteroatoms. The van der Waals surface area contributed by atoms with Crippen LogP contribution in [0.25, 0.3) is 0 Å². The number of piperidine rings is 1. The summed E-state index contributed by atoms with van der Waals surface area (Å²) in [6.45, 7) is 5.49. The van der Waals surface area contributed by atoms with Crippen LogP contribution in [0.4, 0.5) is 0 Å². The highest BCUT2D eigenvalue weighted by Crippen LogP contribution is 2.31. The fraction of sp³-hybridized carbons (Fsp3) is 0.917. The van der Waals surface area contributed by atoms with Gasteiger partial charge in [0.2, 0.25) is 5.91 Å². The number of rotatable bonds is 2. The predicted octanol–water partition coefficient (Wildman–Crippen LogP) is 0.0695. The molecule has 0 saturated carbocycles. The summed E-state index contributed by atoms with van der Waals surface area (Å²) in [6, 6.07) is 0. The molecule has 2 N–H and O–H groups in total. The molecular weight excluding hydrogens is 252 g/mol. The Balaban J connectivity index is 2.03. The zero-order valence-electron chi connectivity index (χ0n) is 11.1. The van der Waals surface area contributed by atoms with Crippen LogP contribution in [0.3, 0.4) is 0 Å². The van der Waals surface area contributed by atoms with E-state index in [1.807, 2.05) is 13.8 Å². The molecule has 104 valence electrons. The van der Waals surface area contributed by atoms with Crippen LogP contribution in [-0.2, 0) is 14.6 Å². The molecular formula is C12H22N2O3S. The molecule has 2 fully saturated rings. The second-order valence-electron chi connectivity index (χ2n) is 6.17. The monoisotopic (exact) mass is 274 g/mol. The molecule has 1 atom stereocenters. The fourth-order valence-electron chi connectivity index (χ4n) is 2.74. The summed E-state index contributed by atoms with van der Waals surface area (Å²) in [6.07, 6.45) is 2.14. The van der Waals surface area contributed by atoms with E-state index in [4.69, 9.17) is 0 Å². The largest absolute Gasteiger partial charge is 0.349 e. The van der Waals surface area contributed by atoms with Gasteiger partial charge in [0, 0.05) is 5.41 Å². The summed E-state index contributed by atoms with van der Waals surface area (Å²) in [5.41, 5.74) is -0.940. The minimum atomic E-state index is -2.98. The van der Waals surface area contributed by atoms with Crippen molar-refractivity contribution < 1.29 is 13.2 Å². The second-order valence-corrected chi connectivity index (χ2v) is 8.35. The fourth-order valence-corrected chi connectivity index (χ4v) is 4.83. The maximum Gasteiger partial charge on any atom is 0.226 e. The first kappa shape index (κ1) is 13.8. The molecule has 0 aromatic rings. The van der Waals surface area contributed by atoms with Crippen LogP contribution in [0, 0.1) is 5.41 Å². The van der Waals surface area contributed by atoms with E-state index in [1.165, 1.54) is 0 Å². The molecule has 0 bridgehead atoms. The van der Waals surface area contributed by atoms with Crippen molar-refractivity contribution in [2.45, 2.75) is 38.6 Å². The third-order valence-electron chi connectivity index (χ3n) is 4.17. The molecule has 2 aliphatic rings. The Labute approximate surface area is 109 Å². The lowest BCUT2D eigenvalue weighted by Crippen LogP contribution is -2.54. The van der Waals surface area contributed by atoms with Crippen molar-refractivity contribution in [2.75, 3.05) is 24.6 Å². The third-order valence-corrected chi connectivity index (χ3v) is 6.08. The van der Waals surface area contributed by atoms with E-state index >= 15 is 0 Å². The summed E-state index contributed by atoms with van der Waals surface area (Å²) < 4.78 is 23.0. The van der Waals surface area contributed by atoms with E-state index < -0.39 is 15.4 Å². The number of amides is 1. The average Bonchev–Trinajstić information content (AvgIpc) is 2.54. The summed E-state index contributed by atoms with van der Waals surface area (Å²) in [4.78, 5) is 12.4. The van der Waals surface area contributed by atoms with Crippen LogP contribution in [0.2, 0.25) is 0 Å². The highest BCUT2D eigenvalue weighted by Gasteiger charge is 2.43. The molecule has 0 spiro atoms. The lowest BCUT2D eigenvalue weighted by molar-refractivity contribution is -0.133. The zero-order chi connectivity index (χ0) is 13.4. The summed E-state index contributed by atoms with van der Waals surface area (Å²) in [5, 5.41) is 6.21. The smallest absolute Gasteiger partial charge is 0.226 e. The number of nitrogens with one attached hydrogen (secondary N) is 2. The molecule has 2 rings (SSSR count). The molecule has 18 heavy (non-hydrogen) atoms. The number of carbonyl (C=O) groups excluding carboxylic acids is 1. The summed E-state index contributed by atoms with van der Waals surface area (Å²) >= 11 is 0. The Bertz CT molecular complexity index is 440. The van der Waals surface area contributed by atoms with Crippen molar-refractivity contribution in [3.05, 3.63) is 0 Å². The normalized spacial score (nSPS) is 34.1. The van der Waals surface area contributed by atoms with Crippen LogP contribution in [-0.4, -0.2) is 44.5 Å². The molecule has 2 aliphatic heterocycles. The molecule has 5 nitrogen and oxygen atoms in total. The van der Waals surface area contributed by atoms with E-state index in [0.717, 1.165) is 25.9 Å². The van der Waals surface area contributed by atoms with Gasteiger partial charge in [0.25, 0.3) is 0 Å². The van der Waals surface area contributed by atoms with Gasteiger partial charge in [-0.1, -0.05) is 6.92 Å². The van der Waals surface area contributed by atoms with E-state index in [2.05, 4.69) is 10.6 Å². The van der Waals surface area contributed by atoms with Crippen molar-refractivity contribution in [3.8, 4) is 0 Å². The summed E-state index contributed by atoms with van der Waals surface area (Å²) in [7, 11) is -2.98. The quantitative estimate of drug-likeness (QED) is 0.747. The summed E-state index contributed by atoms with van der Waals surface area (Å²) in [5.74, 6) is 0.255. The molecule has 1 amide bonds. The van der Waals surface area contributed by atoms with E-state index in [-0.39, 0.29) is 22.8 Å². The first-order chi connectivity index (χ1) is 8.25. The van der Waals surface area contributed by atoms with Gasteiger partial charge in [-0.25, -0.2) is 8.42 Å². The minimum absolute atomic E-state index is 0.00333. The lowest BCUT2D eigenvalue weighted by atomic mass is 9.79. The number of hydrogen-bond donors (Lipinski definition) is 2. The predicted molar refractivity (Wildman–Crippen MR) is 70.0 cm³/mol. The highest BCUT2D eigenvalue weighted by molar-refractivity contribution is 7.91. The average molecular weight is 274 g/mol. The molecule has 0 aromatic carbocycles. The van der Waals surface area contributed by atoms with Gasteiger partial charge in [-0.15, -0.1) is 0 Å². The number of carbonyl (C=O) groups is 1. The van der Waals surface area contributed by atoms with Gasteiger partial charge in [-0.05, 0) is 39.3 Å². The molecule has 2 heterocycles. The Morgan fingerprint density at radius 3 is 2.28 bits per heavy atom. The Morgan fingerprint density at radius 1 is 1.17 bits per heavy atom. The van der Waals surface area contributed by atoms with Gasteiger partial charge in [0.15, 0.2) is 9.84 Å². The van der Waals surface area contributed by atoms with Crippen molar-refractivity contribution in [1.82, 2.24) is 10.6 Å². The Hall–Kier alpha value is -0.620. The molecule has 0 aromatic heterocycles. The first-order valence-corrected chi connectivity index (χ1v) is 8.31. The van der Waals surface area contributed by atoms with E-state index in [1.54, 1.807) is 0 Å². The van der Waals surface area contributed by atoms with Crippen molar-refractivity contribution in [3.63, 3.8) is 0 Å². The maximum atomic E-state index is 12.4.